The van der Waals surface area contributed by atoms with Gasteiger partial charge < -0.3 is 14.6 Å². The van der Waals surface area contributed by atoms with E-state index in [-0.39, 0.29) is 13.2 Å². The summed E-state index contributed by atoms with van der Waals surface area (Å²) in [5.74, 6) is 0.311. The van der Waals surface area contributed by atoms with Crippen LogP contribution in [-0.4, -0.2) is 29.5 Å². The van der Waals surface area contributed by atoms with Gasteiger partial charge >= 0.3 is 6.16 Å². The second kappa shape index (κ2) is 5.10. The Balaban J connectivity index is 2.37. The van der Waals surface area contributed by atoms with E-state index >= 15 is 0 Å². The molecule has 5 nitrogen and oxygen atoms in total. The van der Waals surface area contributed by atoms with Crippen LogP contribution in [0.5, 0.6) is 5.75 Å². The van der Waals surface area contributed by atoms with Gasteiger partial charge in [0.15, 0.2) is 5.75 Å². The van der Waals surface area contributed by atoms with Crippen LogP contribution in [0.3, 0.4) is 0 Å². The highest BCUT2D eigenvalue weighted by Crippen LogP contribution is 2.06. The van der Waals surface area contributed by atoms with E-state index in [0.29, 0.717) is 5.75 Å². The van der Waals surface area contributed by atoms with E-state index < -0.39 is 6.16 Å². The van der Waals surface area contributed by atoms with Gasteiger partial charge in [0.05, 0.1) is 12.8 Å². The van der Waals surface area contributed by atoms with E-state index in [2.05, 4.69) is 14.5 Å². The number of rotatable bonds is 3. The topological polar surface area (TPSA) is 68.7 Å². The largest absolute Gasteiger partial charge is 0.513 e. The Hall–Kier alpha value is -1.62. The van der Waals surface area contributed by atoms with Crippen LogP contribution in [0.2, 0.25) is 0 Å². The highest BCUT2D eigenvalue weighted by Gasteiger charge is 2.04. The molecule has 0 aliphatic rings. The fourth-order valence-electron chi connectivity index (χ4n) is 0.662. The van der Waals surface area contributed by atoms with Gasteiger partial charge in [0, 0.05) is 6.20 Å². The SMILES string of the molecule is O=C(OCCO)Oc1cccnc1. The first-order valence-corrected chi connectivity index (χ1v) is 3.68. The lowest BCUT2D eigenvalue weighted by atomic mass is 10.5. The third-order valence-electron chi connectivity index (χ3n) is 1.15. The second-order valence-electron chi connectivity index (χ2n) is 2.11. The lowest BCUT2D eigenvalue weighted by molar-refractivity contribution is 0.0806. The van der Waals surface area contributed by atoms with E-state index in [1.165, 1.54) is 6.20 Å². The third kappa shape index (κ3) is 3.53. The van der Waals surface area contributed by atoms with Crippen molar-refractivity contribution in [2.75, 3.05) is 13.2 Å². The molecule has 1 aromatic rings. The van der Waals surface area contributed by atoms with Crippen LogP contribution >= 0.6 is 0 Å². The molecular formula is C8H9NO4. The maximum Gasteiger partial charge on any atom is 0.513 e. The highest BCUT2D eigenvalue weighted by atomic mass is 16.7. The smallest absolute Gasteiger partial charge is 0.432 e. The van der Waals surface area contributed by atoms with Crippen LogP contribution in [0.15, 0.2) is 24.5 Å². The summed E-state index contributed by atoms with van der Waals surface area (Å²) in [6, 6.07) is 3.21. The zero-order chi connectivity index (χ0) is 9.52. The monoisotopic (exact) mass is 183 g/mol. The molecule has 0 fully saturated rings. The molecule has 0 aromatic carbocycles. The molecule has 0 aliphatic heterocycles. The molecule has 1 N–H and O–H groups in total. The molecule has 0 atom stereocenters. The number of nitrogens with zero attached hydrogens (tertiary/aromatic N) is 1. The quantitative estimate of drug-likeness (QED) is 0.694. The summed E-state index contributed by atoms with van der Waals surface area (Å²) >= 11 is 0. The van der Waals surface area contributed by atoms with Crippen molar-refractivity contribution >= 4 is 6.16 Å². The van der Waals surface area contributed by atoms with Crippen molar-refractivity contribution in [1.29, 1.82) is 0 Å². The molecule has 5 heteroatoms. The maximum atomic E-state index is 10.8. The summed E-state index contributed by atoms with van der Waals surface area (Å²) < 4.78 is 9.14. The van der Waals surface area contributed by atoms with Crippen molar-refractivity contribution in [3.8, 4) is 5.75 Å². The Kier molecular flexibility index (Phi) is 3.72. The number of aliphatic hydroxyl groups excluding tert-OH is 1. The molecule has 0 saturated heterocycles. The van der Waals surface area contributed by atoms with Gasteiger partial charge in [-0.1, -0.05) is 0 Å². The standard InChI is InChI=1S/C8H9NO4/c10-4-5-12-8(11)13-7-2-1-3-9-6-7/h1-3,6,10H,4-5H2. The van der Waals surface area contributed by atoms with Gasteiger partial charge in [-0.05, 0) is 12.1 Å². The average molecular weight is 183 g/mol. The molecule has 0 saturated carbocycles. The van der Waals surface area contributed by atoms with Crippen molar-refractivity contribution in [3.05, 3.63) is 24.5 Å². The van der Waals surface area contributed by atoms with Crippen molar-refractivity contribution in [1.82, 2.24) is 4.98 Å². The summed E-state index contributed by atoms with van der Waals surface area (Å²) in [5.41, 5.74) is 0. The lowest BCUT2D eigenvalue weighted by Gasteiger charge is -2.02. The molecule has 0 radical (unpaired) electrons. The van der Waals surface area contributed by atoms with Crippen molar-refractivity contribution in [2.45, 2.75) is 0 Å². The fraction of sp³-hybridized carbons (Fsp3) is 0.250. The van der Waals surface area contributed by atoms with Gasteiger partial charge in [-0.3, -0.25) is 4.98 Å². The van der Waals surface area contributed by atoms with E-state index in [9.17, 15) is 4.79 Å². The average Bonchev–Trinajstić information content (AvgIpc) is 2.16. The Morgan fingerprint density at radius 1 is 1.62 bits per heavy atom. The van der Waals surface area contributed by atoms with Gasteiger partial charge in [0.2, 0.25) is 0 Å². The minimum atomic E-state index is -0.845. The molecule has 70 valence electrons. The van der Waals surface area contributed by atoms with Crippen LogP contribution in [0, 0.1) is 0 Å². The lowest BCUT2D eigenvalue weighted by Crippen LogP contribution is -2.13. The van der Waals surface area contributed by atoms with E-state index in [0.717, 1.165) is 0 Å². The summed E-state index contributed by atoms with van der Waals surface area (Å²) in [6.07, 6.45) is 2.11. The number of pyridine rings is 1. The molecule has 1 heterocycles. The summed E-state index contributed by atoms with van der Waals surface area (Å²) in [7, 11) is 0. The molecule has 0 amide bonds. The molecular weight excluding hydrogens is 174 g/mol. The molecule has 0 spiro atoms. The van der Waals surface area contributed by atoms with Crippen LogP contribution in [-0.2, 0) is 4.74 Å². The zero-order valence-corrected chi connectivity index (χ0v) is 6.84. The van der Waals surface area contributed by atoms with Crippen LogP contribution in [0.1, 0.15) is 0 Å². The number of aliphatic hydroxyl groups is 1. The Morgan fingerprint density at radius 2 is 2.46 bits per heavy atom. The molecule has 0 unspecified atom stereocenters. The Morgan fingerprint density at radius 3 is 3.08 bits per heavy atom. The summed E-state index contributed by atoms with van der Waals surface area (Å²) in [4.78, 5) is 14.5. The van der Waals surface area contributed by atoms with Crippen molar-refractivity contribution < 1.29 is 19.4 Å². The maximum absolute atomic E-state index is 10.8. The third-order valence-corrected chi connectivity index (χ3v) is 1.15. The number of ether oxygens (including phenoxy) is 2. The van der Waals surface area contributed by atoms with Crippen LogP contribution < -0.4 is 4.74 Å². The van der Waals surface area contributed by atoms with Crippen molar-refractivity contribution in [3.63, 3.8) is 0 Å². The predicted octanol–water partition coefficient (Wildman–Crippen LogP) is 0.589. The predicted molar refractivity (Wildman–Crippen MR) is 43.3 cm³/mol. The second-order valence-corrected chi connectivity index (χ2v) is 2.11. The number of carbonyl (C=O) groups excluding carboxylic acids is 1. The van der Waals surface area contributed by atoms with Gasteiger partial charge in [0.1, 0.15) is 6.61 Å². The Labute approximate surface area is 74.9 Å². The van der Waals surface area contributed by atoms with Gasteiger partial charge in [-0.25, -0.2) is 4.79 Å². The first kappa shape index (κ1) is 9.47. The van der Waals surface area contributed by atoms with Gasteiger partial charge in [0.25, 0.3) is 0 Å². The number of hydrogen-bond donors (Lipinski definition) is 1. The first-order valence-electron chi connectivity index (χ1n) is 3.68. The molecule has 1 aromatic heterocycles. The Bertz CT molecular complexity index is 262. The van der Waals surface area contributed by atoms with E-state index in [4.69, 9.17) is 5.11 Å². The highest BCUT2D eigenvalue weighted by molar-refractivity contribution is 5.63. The molecule has 13 heavy (non-hydrogen) atoms. The molecule has 0 aliphatic carbocycles. The summed E-state index contributed by atoms with van der Waals surface area (Å²) in [5, 5.41) is 8.34. The van der Waals surface area contributed by atoms with Gasteiger partial charge in [-0.15, -0.1) is 0 Å². The number of hydrogen-bond acceptors (Lipinski definition) is 5. The fourth-order valence-corrected chi connectivity index (χ4v) is 0.662. The number of carbonyl (C=O) groups is 1. The molecule has 1 rings (SSSR count). The van der Waals surface area contributed by atoms with Crippen LogP contribution in [0.4, 0.5) is 4.79 Å². The molecule has 0 bridgehead atoms. The number of aromatic nitrogens is 1. The minimum absolute atomic E-state index is 0.0703. The van der Waals surface area contributed by atoms with Crippen molar-refractivity contribution in [2.24, 2.45) is 0 Å². The van der Waals surface area contributed by atoms with E-state index in [1.54, 1.807) is 18.3 Å². The van der Waals surface area contributed by atoms with Gasteiger partial charge in [-0.2, -0.15) is 0 Å². The normalized spacial score (nSPS) is 9.31. The first-order chi connectivity index (χ1) is 6.33. The minimum Gasteiger partial charge on any atom is -0.432 e. The van der Waals surface area contributed by atoms with E-state index in [1.807, 2.05) is 0 Å². The van der Waals surface area contributed by atoms with Crippen LogP contribution in [0.25, 0.3) is 0 Å². The zero-order valence-electron chi connectivity index (χ0n) is 6.84. The summed E-state index contributed by atoms with van der Waals surface area (Å²) in [6.45, 7) is -0.290.